The average molecular weight is 264 g/mol. The largest absolute Gasteiger partial charge is 0.305 e. The summed E-state index contributed by atoms with van der Waals surface area (Å²) in [6, 6.07) is 7.57. The maximum atomic E-state index is 11.9. The molecule has 78 valence electrons. The fourth-order valence-electron chi connectivity index (χ4n) is 1.16. The van der Waals surface area contributed by atoms with Gasteiger partial charge in [-0.3, -0.25) is 0 Å². The molecule has 1 atom stereocenters. The Morgan fingerprint density at radius 1 is 1.43 bits per heavy atom. The van der Waals surface area contributed by atoms with E-state index in [9.17, 15) is 8.78 Å². The lowest BCUT2D eigenvalue weighted by Crippen LogP contribution is -2.24. The topological polar surface area (TPSA) is 12.0 Å². The summed E-state index contributed by atoms with van der Waals surface area (Å²) in [6.07, 6.45) is -2.30. The highest BCUT2D eigenvalue weighted by Crippen LogP contribution is 2.17. The van der Waals surface area contributed by atoms with Crippen LogP contribution in [0.4, 0.5) is 8.78 Å². The Kier molecular flexibility index (Phi) is 4.48. The van der Waals surface area contributed by atoms with E-state index in [1.54, 1.807) is 0 Å². The number of benzene rings is 1. The van der Waals surface area contributed by atoms with Gasteiger partial charge >= 0.3 is 0 Å². The molecule has 0 amide bonds. The SMILES string of the molecule is C[C@H](NCC(F)F)c1cccc(Br)c1. The zero-order chi connectivity index (χ0) is 10.6. The van der Waals surface area contributed by atoms with Crippen molar-refractivity contribution in [1.29, 1.82) is 0 Å². The molecule has 0 radical (unpaired) electrons. The molecular weight excluding hydrogens is 252 g/mol. The first-order valence-electron chi connectivity index (χ1n) is 4.36. The van der Waals surface area contributed by atoms with Crippen molar-refractivity contribution in [3.63, 3.8) is 0 Å². The molecule has 0 unspecified atom stereocenters. The Labute approximate surface area is 90.6 Å². The molecule has 0 fully saturated rings. The van der Waals surface area contributed by atoms with Crippen molar-refractivity contribution in [3.8, 4) is 0 Å². The first-order chi connectivity index (χ1) is 6.59. The van der Waals surface area contributed by atoms with Crippen molar-refractivity contribution in [3.05, 3.63) is 34.3 Å². The van der Waals surface area contributed by atoms with Crippen molar-refractivity contribution in [2.75, 3.05) is 6.54 Å². The van der Waals surface area contributed by atoms with E-state index in [2.05, 4.69) is 21.2 Å². The maximum Gasteiger partial charge on any atom is 0.250 e. The van der Waals surface area contributed by atoms with E-state index in [1.807, 2.05) is 31.2 Å². The first-order valence-corrected chi connectivity index (χ1v) is 5.16. The summed E-state index contributed by atoms with van der Waals surface area (Å²) >= 11 is 3.33. The highest BCUT2D eigenvalue weighted by Gasteiger charge is 2.08. The number of hydrogen-bond donors (Lipinski definition) is 1. The summed E-state index contributed by atoms with van der Waals surface area (Å²) in [6.45, 7) is 1.60. The van der Waals surface area contributed by atoms with Gasteiger partial charge in [-0.15, -0.1) is 0 Å². The van der Waals surface area contributed by atoms with Gasteiger partial charge in [0.2, 0.25) is 0 Å². The van der Waals surface area contributed by atoms with E-state index >= 15 is 0 Å². The molecule has 1 N–H and O–H groups in total. The summed E-state index contributed by atoms with van der Waals surface area (Å²) in [5.74, 6) is 0. The maximum absolute atomic E-state index is 11.9. The van der Waals surface area contributed by atoms with Crippen LogP contribution in [0, 0.1) is 0 Å². The molecule has 1 nitrogen and oxygen atoms in total. The highest BCUT2D eigenvalue weighted by atomic mass is 79.9. The van der Waals surface area contributed by atoms with E-state index in [1.165, 1.54) is 0 Å². The third-order valence-electron chi connectivity index (χ3n) is 1.93. The molecular formula is C10H12BrF2N. The molecule has 1 aromatic carbocycles. The zero-order valence-corrected chi connectivity index (χ0v) is 9.39. The second-order valence-electron chi connectivity index (χ2n) is 3.08. The zero-order valence-electron chi connectivity index (χ0n) is 7.81. The molecule has 0 saturated heterocycles. The second kappa shape index (κ2) is 5.41. The number of hydrogen-bond acceptors (Lipinski definition) is 1. The Balaban J connectivity index is 2.56. The lowest BCUT2D eigenvalue weighted by Gasteiger charge is -2.13. The van der Waals surface area contributed by atoms with Crippen molar-refractivity contribution in [2.24, 2.45) is 0 Å². The minimum atomic E-state index is -2.30. The summed E-state index contributed by atoms with van der Waals surface area (Å²) < 4.78 is 24.8. The highest BCUT2D eigenvalue weighted by molar-refractivity contribution is 9.10. The Bertz CT molecular complexity index is 291. The van der Waals surface area contributed by atoms with Gasteiger partial charge in [0.15, 0.2) is 0 Å². The van der Waals surface area contributed by atoms with Crippen LogP contribution in [0.25, 0.3) is 0 Å². The van der Waals surface area contributed by atoms with E-state index < -0.39 is 6.43 Å². The third kappa shape index (κ3) is 3.72. The fraction of sp³-hybridized carbons (Fsp3) is 0.400. The predicted molar refractivity (Wildman–Crippen MR) is 56.6 cm³/mol. The number of alkyl halides is 2. The first kappa shape index (κ1) is 11.6. The van der Waals surface area contributed by atoms with Crippen LogP contribution in [0.1, 0.15) is 18.5 Å². The van der Waals surface area contributed by atoms with Crippen LogP contribution in [0.5, 0.6) is 0 Å². The summed E-state index contributed by atoms with van der Waals surface area (Å²) in [5, 5.41) is 2.75. The van der Waals surface area contributed by atoms with Crippen molar-refractivity contribution >= 4 is 15.9 Å². The lowest BCUT2D eigenvalue weighted by atomic mass is 10.1. The molecule has 0 spiro atoms. The third-order valence-corrected chi connectivity index (χ3v) is 2.42. The molecule has 4 heteroatoms. The van der Waals surface area contributed by atoms with Crippen LogP contribution in [0.2, 0.25) is 0 Å². The van der Waals surface area contributed by atoms with Gasteiger partial charge in [-0.1, -0.05) is 28.1 Å². The van der Waals surface area contributed by atoms with Crippen molar-refractivity contribution < 1.29 is 8.78 Å². The van der Waals surface area contributed by atoms with Crippen molar-refractivity contribution in [2.45, 2.75) is 19.4 Å². The van der Waals surface area contributed by atoms with Gasteiger partial charge in [0.25, 0.3) is 6.43 Å². The molecule has 0 bridgehead atoms. The smallest absolute Gasteiger partial charge is 0.250 e. The fourth-order valence-corrected chi connectivity index (χ4v) is 1.58. The van der Waals surface area contributed by atoms with Gasteiger partial charge in [-0.05, 0) is 24.6 Å². The lowest BCUT2D eigenvalue weighted by molar-refractivity contribution is 0.142. The average Bonchev–Trinajstić information content (AvgIpc) is 2.14. The van der Waals surface area contributed by atoms with Gasteiger partial charge < -0.3 is 5.32 Å². The Morgan fingerprint density at radius 2 is 2.14 bits per heavy atom. The normalized spacial score (nSPS) is 13.2. The number of halogens is 3. The summed E-state index contributed by atoms with van der Waals surface area (Å²) in [7, 11) is 0. The van der Waals surface area contributed by atoms with Gasteiger partial charge in [0, 0.05) is 10.5 Å². The molecule has 1 aromatic rings. The van der Waals surface area contributed by atoms with E-state index in [0.29, 0.717) is 0 Å². The van der Waals surface area contributed by atoms with Gasteiger partial charge in [-0.25, -0.2) is 8.78 Å². The van der Waals surface area contributed by atoms with E-state index in [4.69, 9.17) is 0 Å². The number of nitrogens with one attached hydrogen (secondary N) is 1. The van der Waals surface area contributed by atoms with Crippen molar-refractivity contribution in [1.82, 2.24) is 5.32 Å². The molecule has 0 saturated carbocycles. The molecule has 14 heavy (non-hydrogen) atoms. The van der Waals surface area contributed by atoms with Crippen LogP contribution in [-0.4, -0.2) is 13.0 Å². The molecule has 0 aliphatic rings. The summed E-state index contributed by atoms with van der Waals surface area (Å²) in [4.78, 5) is 0. The second-order valence-corrected chi connectivity index (χ2v) is 3.99. The predicted octanol–water partition coefficient (Wildman–Crippen LogP) is 3.36. The quantitative estimate of drug-likeness (QED) is 0.879. The van der Waals surface area contributed by atoms with Crippen LogP contribution < -0.4 is 5.32 Å². The van der Waals surface area contributed by atoms with Gasteiger partial charge in [-0.2, -0.15) is 0 Å². The monoisotopic (exact) mass is 263 g/mol. The Morgan fingerprint density at radius 3 is 2.71 bits per heavy atom. The minimum absolute atomic E-state index is 0.0542. The van der Waals surface area contributed by atoms with E-state index in [-0.39, 0.29) is 12.6 Å². The molecule has 1 rings (SSSR count). The van der Waals surface area contributed by atoms with Crippen LogP contribution in [-0.2, 0) is 0 Å². The minimum Gasteiger partial charge on any atom is -0.305 e. The standard InChI is InChI=1S/C10H12BrF2N/c1-7(14-6-10(12)13)8-3-2-4-9(11)5-8/h2-5,7,10,14H,6H2,1H3/t7-/m0/s1. The number of rotatable bonds is 4. The van der Waals surface area contributed by atoms with Crippen LogP contribution in [0.3, 0.4) is 0 Å². The molecule has 0 aliphatic carbocycles. The van der Waals surface area contributed by atoms with Gasteiger partial charge in [0.05, 0.1) is 6.54 Å². The molecule has 0 aliphatic heterocycles. The van der Waals surface area contributed by atoms with E-state index in [0.717, 1.165) is 10.0 Å². The Hall–Kier alpha value is -0.480. The summed E-state index contributed by atoms with van der Waals surface area (Å²) in [5.41, 5.74) is 1.00. The van der Waals surface area contributed by atoms with Gasteiger partial charge in [0.1, 0.15) is 0 Å². The molecule has 0 aromatic heterocycles. The van der Waals surface area contributed by atoms with Crippen LogP contribution >= 0.6 is 15.9 Å². The molecule has 0 heterocycles. The van der Waals surface area contributed by atoms with Crippen LogP contribution in [0.15, 0.2) is 28.7 Å².